The Kier molecular flexibility index (Phi) is 2.74. The summed E-state index contributed by atoms with van der Waals surface area (Å²) in [6.45, 7) is 0.850. The first-order valence-corrected chi connectivity index (χ1v) is 4.91. The van der Waals surface area contributed by atoms with Crippen LogP contribution in [0.15, 0.2) is 23.6 Å². The van der Waals surface area contributed by atoms with E-state index in [4.69, 9.17) is 5.73 Å². The van der Waals surface area contributed by atoms with Gasteiger partial charge in [0.25, 0.3) is 0 Å². The highest BCUT2D eigenvalue weighted by atomic mass is 32.2. The van der Waals surface area contributed by atoms with Crippen LogP contribution in [0.5, 0.6) is 0 Å². The molecule has 1 aromatic heterocycles. The third-order valence-corrected chi connectivity index (χ3v) is 3.00. The van der Waals surface area contributed by atoms with Crippen molar-refractivity contribution in [1.82, 2.24) is 20.8 Å². The summed E-state index contributed by atoms with van der Waals surface area (Å²) in [6.07, 6.45) is 5.07. The molecule has 0 spiro atoms. The Morgan fingerprint density at radius 1 is 1.54 bits per heavy atom. The van der Waals surface area contributed by atoms with Crippen LogP contribution in [0.3, 0.4) is 0 Å². The van der Waals surface area contributed by atoms with Gasteiger partial charge < -0.3 is 5.73 Å². The highest BCUT2D eigenvalue weighted by Gasteiger charge is 2.24. The van der Waals surface area contributed by atoms with Crippen molar-refractivity contribution in [3.05, 3.63) is 18.6 Å². The number of hydrazine groups is 1. The maximum absolute atomic E-state index is 5.78. The average molecular weight is 197 g/mol. The molecule has 4 N–H and O–H groups in total. The van der Waals surface area contributed by atoms with Crippen molar-refractivity contribution in [2.75, 3.05) is 6.54 Å². The minimum Gasteiger partial charge on any atom is -0.314 e. The number of thioether (sulfide) groups is 1. The molecule has 1 aliphatic heterocycles. The summed E-state index contributed by atoms with van der Waals surface area (Å²) in [5.41, 5.74) is 11.7. The van der Waals surface area contributed by atoms with Crippen molar-refractivity contribution in [2.24, 2.45) is 5.73 Å². The predicted molar refractivity (Wildman–Crippen MR) is 50.8 cm³/mol. The van der Waals surface area contributed by atoms with Crippen LogP contribution < -0.4 is 16.6 Å². The first-order valence-electron chi connectivity index (χ1n) is 4.03. The average Bonchev–Trinajstić information content (AvgIpc) is 2.54. The maximum atomic E-state index is 5.78. The first-order chi connectivity index (χ1) is 6.36. The zero-order chi connectivity index (χ0) is 9.10. The largest absolute Gasteiger partial charge is 0.314 e. The van der Waals surface area contributed by atoms with Crippen molar-refractivity contribution in [3.8, 4) is 0 Å². The van der Waals surface area contributed by atoms with E-state index in [-0.39, 0.29) is 6.17 Å². The lowest BCUT2D eigenvalue weighted by Gasteiger charge is -2.11. The molecule has 1 aromatic rings. The second kappa shape index (κ2) is 4.01. The molecule has 1 saturated heterocycles. The van der Waals surface area contributed by atoms with E-state index in [9.17, 15) is 0 Å². The Morgan fingerprint density at radius 2 is 2.46 bits per heavy atom. The van der Waals surface area contributed by atoms with Crippen molar-refractivity contribution < 1.29 is 0 Å². The lowest BCUT2D eigenvalue weighted by atomic mass is 10.4. The van der Waals surface area contributed by atoms with Crippen LogP contribution in [-0.4, -0.2) is 27.9 Å². The Labute approximate surface area is 80.5 Å². The third kappa shape index (κ3) is 2.16. The lowest BCUT2D eigenvalue weighted by molar-refractivity contribution is 0.576. The number of nitrogens with one attached hydrogen (secondary N) is 2. The van der Waals surface area contributed by atoms with Crippen LogP contribution in [0.25, 0.3) is 0 Å². The van der Waals surface area contributed by atoms with Crippen LogP contribution >= 0.6 is 11.8 Å². The van der Waals surface area contributed by atoms with Gasteiger partial charge in [0.1, 0.15) is 5.03 Å². The van der Waals surface area contributed by atoms with E-state index in [1.165, 1.54) is 0 Å². The van der Waals surface area contributed by atoms with E-state index in [1.807, 2.05) is 0 Å². The third-order valence-electron chi connectivity index (χ3n) is 1.78. The predicted octanol–water partition coefficient (Wildman–Crippen LogP) is -0.670. The molecule has 0 amide bonds. The number of rotatable bonds is 2. The Bertz CT molecular complexity index is 267. The Balaban J connectivity index is 1.98. The molecule has 0 aromatic carbocycles. The normalized spacial score (nSPS) is 27.8. The minimum absolute atomic E-state index is 0.0213. The van der Waals surface area contributed by atoms with Crippen LogP contribution in [0, 0.1) is 0 Å². The van der Waals surface area contributed by atoms with Crippen LogP contribution in [0.1, 0.15) is 0 Å². The van der Waals surface area contributed by atoms with E-state index in [0.717, 1.165) is 11.6 Å². The van der Waals surface area contributed by atoms with Crippen LogP contribution in [0.2, 0.25) is 0 Å². The number of nitrogens with zero attached hydrogens (tertiary/aromatic N) is 2. The summed E-state index contributed by atoms with van der Waals surface area (Å²) < 4.78 is 0. The van der Waals surface area contributed by atoms with E-state index < -0.39 is 0 Å². The van der Waals surface area contributed by atoms with Gasteiger partial charge in [-0.05, 0) is 0 Å². The molecule has 0 bridgehead atoms. The van der Waals surface area contributed by atoms with Gasteiger partial charge in [0, 0.05) is 18.9 Å². The molecule has 0 aliphatic carbocycles. The van der Waals surface area contributed by atoms with E-state index in [2.05, 4.69) is 20.8 Å². The number of hydrogen-bond donors (Lipinski definition) is 3. The Morgan fingerprint density at radius 3 is 3.08 bits per heavy atom. The molecule has 2 unspecified atom stereocenters. The monoisotopic (exact) mass is 197 g/mol. The van der Waals surface area contributed by atoms with E-state index >= 15 is 0 Å². The topological polar surface area (TPSA) is 75.9 Å². The second-order valence-corrected chi connectivity index (χ2v) is 4.01. The van der Waals surface area contributed by atoms with Gasteiger partial charge in [0.15, 0.2) is 0 Å². The van der Waals surface area contributed by atoms with Crippen molar-refractivity contribution in [3.63, 3.8) is 0 Å². The van der Waals surface area contributed by atoms with Gasteiger partial charge in [-0.3, -0.25) is 10.4 Å². The number of aromatic nitrogens is 2. The van der Waals surface area contributed by atoms with Crippen molar-refractivity contribution in [1.29, 1.82) is 0 Å². The van der Waals surface area contributed by atoms with Gasteiger partial charge in [0.2, 0.25) is 0 Å². The summed E-state index contributed by atoms with van der Waals surface area (Å²) in [5.74, 6) is 0. The zero-order valence-electron chi connectivity index (χ0n) is 6.97. The molecule has 13 heavy (non-hydrogen) atoms. The first kappa shape index (κ1) is 8.89. The molecule has 6 heteroatoms. The van der Waals surface area contributed by atoms with E-state index in [0.29, 0.717) is 5.25 Å². The van der Waals surface area contributed by atoms with Gasteiger partial charge in [0.05, 0.1) is 17.6 Å². The summed E-state index contributed by atoms with van der Waals surface area (Å²) in [7, 11) is 0. The Hall–Kier alpha value is -0.690. The van der Waals surface area contributed by atoms with Crippen LogP contribution in [0.4, 0.5) is 0 Å². The molecular formula is C7H11N5S. The van der Waals surface area contributed by atoms with E-state index in [1.54, 1.807) is 30.4 Å². The van der Waals surface area contributed by atoms with Crippen LogP contribution in [-0.2, 0) is 0 Å². The smallest absolute Gasteiger partial charge is 0.115 e. The molecule has 1 aliphatic rings. The van der Waals surface area contributed by atoms with Gasteiger partial charge in [-0.15, -0.1) is 0 Å². The molecule has 0 radical (unpaired) electrons. The van der Waals surface area contributed by atoms with Gasteiger partial charge >= 0.3 is 0 Å². The molecular weight excluding hydrogens is 186 g/mol. The SMILES string of the molecule is NC1NNCC1Sc1cnccn1. The molecule has 70 valence electrons. The van der Waals surface area contributed by atoms with Crippen molar-refractivity contribution in [2.45, 2.75) is 16.4 Å². The molecule has 5 nitrogen and oxygen atoms in total. The second-order valence-electron chi connectivity index (χ2n) is 2.75. The molecule has 2 atom stereocenters. The molecule has 2 rings (SSSR count). The fourth-order valence-corrected chi connectivity index (χ4v) is 2.05. The minimum atomic E-state index is -0.0213. The van der Waals surface area contributed by atoms with Gasteiger partial charge in [-0.25, -0.2) is 10.4 Å². The molecule has 1 fully saturated rings. The van der Waals surface area contributed by atoms with Gasteiger partial charge in [-0.2, -0.15) is 0 Å². The number of nitrogens with two attached hydrogens (primary N) is 1. The van der Waals surface area contributed by atoms with Gasteiger partial charge in [-0.1, -0.05) is 11.8 Å². The highest BCUT2D eigenvalue weighted by Crippen LogP contribution is 2.22. The molecule has 0 saturated carbocycles. The standard InChI is InChI=1S/C7H11N5S/c8-7-5(3-11-12-7)13-6-4-9-1-2-10-6/h1-2,4-5,7,11-12H,3,8H2. The quantitative estimate of drug-likeness (QED) is 0.584. The fraction of sp³-hybridized carbons (Fsp3) is 0.429. The summed E-state index contributed by atoms with van der Waals surface area (Å²) in [6, 6.07) is 0. The lowest BCUT2D eigenvalue weighted by Crippen LogP contribution is -2.40. The highest BCUT2D eigenvalue weighted by molar-refractivity contribution is 8.00. The fourth-order valence-electron chi connectivity index (χ4n) is 1.11. The summed E-state index contributed by atoms with van der Waals surface area (Å²) in [5, 5.41) is 1.23. The summed E-state index contributed by atoms with van der Waals surface area (Å²) >= 11 is 1.64. The molecule has 2 heterocycles. The maximum Gasteiger partial charge on any atom is 0.115 e. The summed E-state index contributed by atoms with van der Waals surface area (Å²) in [4.78, 5) is 8.15. The zero-order valence-corrected chi connectivity index (χ0v) is 7.79. The number of hydrogen-bond acceptors (Lipinski definition) is 6. The van der Waals surface area contributed by atoms with Crippen molar-refractivity contribution >= 4 is 11.8 Å².